The molecule has 4 nitrogen and oxygen atoms in total. The minimum absolute atomic E-state index is 0.695. The molecular weight excluding hydrogens is 228 g/mol. The summed E-state index contributed by atoms with van der Waals surface area (Å²) >= 11 is 0. The summed E-state index contributed by atoms with van der Waals surface area (Å²) < 4.78 is 10.3. The largest absolute Gasteiger partial charge is 0.382 e. The molecule has 0 bridgehead atoms. The Morgan fingerprint density at radius 3 is 2.67 bits per heavy atom. The quantitative estimate of drug-likeness (QED) is 0.567. The van der Waals surface area contributed by atoms with Gasteiger partial charge in [-0.25, -0.2) is 0 Å². The first kappa shape index (κ1) is 15.9. The van der Waals surface area contributed by atoms with Crippen LogP contribution in [0.4, 0.5) is 0 Å². The molecule has 1 N–H and O–H groups in total. The van der Waals surface area contributed by atoms with Crippen molar-refractivity contribution in [3.05, 3.63) is 0 Å². The van der Waals surface area contributed by atoms with Crippen LogP contribution in [0.2, 0.25) is 0 Å². The number of likely N-dealkylation sites (tertiary alicyclic amines) is 1. The van der Waals surface area contributed by atoms with Crippen LogP contribution >= 0.6 is 0 Å². The third kappa shape index (κ3) is 8.03. The zero-order valence-corrected chi connectivity index (χ0v) is 12.1. The molecule has 1 aliphatic heterocycles. The predicted octanol–water partition coefficient (Wildman–Crippen LogP) is 1.36. The first-order valence-electron chi connectivity index (χ1n) is 7.32. The summed E-state index contributed by atoms with van der Waals surface area (Å²) in [4.78, 5) is 2.58. The number of rotatable bonds is 11. The van der Waals surface area contributed by atoms with Crippen molar-refractivity contribution in [1.29, 1.82) is 0 Å². The zero-order valence-electron chi connectivity index (χ0n) is 12.1. The molecule has 0 radical (unpaired) electrons. The van der Waals surface area contributed by atoms with Crippen molar-refractivity contribution >= 4 is 0 Å². The summed E-state index contributed by atoms with van der Waals surface area (Å²) in [6, 6.07) is 0. The van der Waals surface area contributed by atoms with E-state index in [-0.39, 0.29) is 0 Å². The van der Waals surface area contributed by atoms with Crippen LogP contribution in [-0.2, 0) is 9.47 Å². The summed E-state index contributed by atoms with van der Waals surface area (Å²) in [5, 5.41) is 3.51. The van der Waals surface area contributed by atoms with Gasteiger partial charge in [-0.3, -0.25) is 0 Å². The van der Waals surface area contributed by atoms with Gasteiger partial charge in [-0.05, 0) is 51.4 Å². The molecule has 18 heavy (non-hydrogen) atoms. The SMILES string of the molecule is COCCOCCCNCC(C)CN1CCCC1. The Morgan fingerprint density at radius 1 is 1.17 bits per heavy atom. The minimum Gasteiger partial charge on any atom is -0.382 e. The van der Waals surface area contributed by atoms with Crippen LogP contribution in [0, 0.1) is 5.92 Å². The van der Waals surface area contributed by atoms with Gasteiger partial charge in [0, 0.05) is 20.3 Å². The van der Waals surface area contributed by atoms with Crippen LogP contribution in [0.3, 0.4) is 0 Å². The number of ether oxygens (including phenoxy) is 2. The topological polar surface area (TPSA) is 33.7 Å². The molecule has 1 rings (SSSR count). The highest BCUT2D eigenvalue weighted by molar-refractivity contribution is 4.69. The number of hydrogen-bond donors (Lipinski definition) is 1. The van der Waals surface area contributed by atoms with E-state index in [0.29, 0.717) is 13.2 Å². The Kier molecular flexibility index (Phi) is 9.48. The Balaban J connectivity index is 1.81. The van der Waals surface area contributed by atoms with E-state index in [0.717, 1.165) is 32.0 Å². The van der Waals surface area contributed by atoms with E-state index in [9.17, 15) is 0 Å². The lowest BCUT2D eigenvalue weighted by Gasteiger charge is -2.20. The second-order valence-electron chi connectivity index (χ2n) is 5.28. The Morgan fingerprint density at radius 2 is 1.94 bits per heavy atom. The van der Waals surface area contributed by atoms with Gasteiger partial charge in [-0.2, -0.15) is 0 Å². The lowest BCUT2D eigenvalue weighted by molar-refractivity contribution is 0.0694. The van der Waals surface area contributed by atoms with Crippen molar-refractivity contribution in [2.24, 2.45) is 5.92 Å². The van der Waals surface area contributed by atoms with E-state index in [4.69, 9.17) is 9.47 Å². The van der Waals surface area contributed by atoms with Gasteiger partial charge in [0.15, 0.2) is 0 Å². The molecule has 1 saturated heterocycles. The molecule has 1 atom stereocenters. The van der Waals surface area contributed by atoms with E-state index < -0.39 is 0 Å². The molecule has 0 spiro atoms. The highest BCUT2D eigenvalue weighted by Gasteiger charge is 2.13. The average molecular weight is 258 g/mol. The third-order valence-corrected chi connectivity index (χ3v) is 3.34. The van der Waals surface area contributed by atoms with Crippen molar-refractivity contribution < 1.29 is 9.47 Å². The maximum atomic E-state index is 5.42. The van der Waals surface area contributed by atoms with Crippen LogP contribution in [0.15, 0.2) is 0 Å². The Labute approximate surface area is 112 Å². The standard InChI is InChI=1S/C14H30N2O2/c1-14(13-16-7-3-4-8-16)12-15-6-5-9-18-11-10-17-2/h14-15H,3-13H2,1-2H3. The van der Waals surface area contributed by atoms with E-state index in [1.54, 1.807) is 7.11 Å². The first-order valence-corrected chi connectivity index (χ1v) is 7.32. The maximum absolute atomic E-state index is 5.42. The molecule has 0 aromatic heterocycles. The molecule has 0 aromatic rings. The van der Waals surface area contributed by atoms with Crippen molar-refractivity contribution in [2.75, 3.05) is 59.7 Å². The molecule has 1 heterocycles. The highest BCUT2D eigenvalue weighted by atomic mass is 16.5. The van der Waals surface area contributed by atoms with Gasteiger partial charge >= 0.3 is 0 Å². The molecule has 4 heteroatoms. The Bertz CT molecular complexity index is 185. The molecule has 1 aliphatic rings. The molecule has 0 aliphatic carbocycles. The average Bonchev–Trinajstić information content (AvgIpc) is 2.85. The van der Waals surface area contributed by atoms with Crippen LogP contribution in [0.25, 0.3) is 0 Å². The fraction of sp³-hybridized carbons (Fsp3) is 1.00. The fourth-order valence-electron chi connectivity index (χ4n) is 2.36. The summed E-state index contributed by atoms with van der Waals surface area (Å²) in [6.45, 7) is 10.6. The fourth-order valence-corrected chi connectivity index (χ4v) is 2.36. The van der Waals surface area contributed by atoms with Gasteiger partial charge in [0.2, 0.25) is 0 Å². The summed E-state index contributed by atoms with van der Waals surface area (Å²) in [7, 11) is 1.70. The lowest BCUT2D eigenvalue weighted by atomic mass is 10.1. The summed E-state index contributed by atoms with van der Waals surface area (Å²) in [6.07, 6.45) is 3.86. The molecule has 108 valence electrons. The summed E-state index contributed by atoms with van der Waals surface area (Å²) in [5.74, 6) is 0.748. The van der Waals surface area contributed by atoms with Gasteiger partial charge < -0.3 is 19.7 Å². The minimum atomic E-state index is 0.695. The zero-order chi connectivity index (χ0) is 13.1. The maximum Gasteiger partial charge on any atom is 0.0700 e. The van der Waals surface area contributed by atoms with E-state index in [2.05, 4.69) is 17.1 Å². The predicted molar refractivity (Wildman–Crippen MR) is 75.0 cm³/mol. The van der Waals surface area contributed by atoms with Gasteiger partial charge in [0.1, 0.15) is 0 Å². The molecule has 0 aromatic carbocycles. The highest BCUT2D eigenvalue weighted by Crippen LogP contribution is 2.09. The van der Waals surface area contributed by atoms with E-state index >= 15 is 0 Å². The molecular formula is C14H30N2O2. The van der Waals surface area contributed by atoms with Gasteiger partial charge in [0.05, 0.1) is 13.2 Å². The number of nitrogens with one attached hydrogen (secondary N) is 1. The number of hydrogen-bond acceptors (Lipinski definition) is 4. The Hall–Kier alpha value is -0.160. The van der Waals surface area contributed by atoms with Crippen LogP contribution in [-0.4, -0.2) is 64.6 Å². The molecule has 0 amide bonds. The van der Waals surface area contributed by atoms with Crippen molar-refractivity contribution in [3.8, 4) is 0 Å². The third-order valence-electron chi connectivity index (χ3n) is 3.34. The van der Waals surface area contributed by atoms with Crippen LogP contribution in [0.1, 0.15) is 26.2 Å². The van der Waals surface area contributed by atoms with Gasteiger partial charge in [-0.1, -0.05) is 6.92 Å². The normalized spacial score (nSPS) is 18.3. The van der Waals surface area contributed by atoms with Crippen LogP contribution < -0.4 is 5.32 Å². The van der Waals surface area contributed by atoms with Crippen molar-refractivity contribution in [1.82, 2.24) is 10.2 Å². The lowest BCUT2D eigenvalue weighted by Crippen LogP contribution is -2.32. The second-order valence-corrected chi connectivity index (χ2v) is 5.28. The second kappa shape index (κ2) is 10.7. The summed E-state index contributed by atoms with van der Waals surface area (Å²) in [5.41, 5.74) is 0. The number of methoxy groups -OCH3 is 1. The van der Waals surface area contributed by atoms with Crippen molar-refractivity contribution in [2.45, 2.75) is 26.2 Å². The van der Waals surface area contributed by atoms with Crippen LogP contribution in [0.5, 0.6) is 0 Å². The number of nitrogens with zero attached hydrogens (tertiary/aromatic N) is 1. The van der Waals surface area contributed by atoms with Gasteiger partial charge in [-0.15, -0.1) is 0 Å². The van der Waals surface area contributed by atoms with E-state index in [1.165, 1.54) is 32.5 Å². The first-order chi connectivity index (χ1) is 8.83. The monoisotopic (exact) mass is 258 g/mol. The van der Waals surface area contributed by atoms with Crippen molar-refractivity contribution in [3.63, 3.8) is 0 Å². The molecule has 0 saturated carbocycles. The van der Waals surface area contributed by atoms with Gasteiger partial charge in [0.25, 0.3) is 0 Å². The smallest absolute Gasteiger partial charge is 0.0700 e. The molecule has 1 fully saturated rings. The van der Waals surface area contributed by atoms with E-state index in [1.807, 2.05) is 0 Å². The molecule has 1 unspecified atom stereocenters.